The average molecular weight is 623 g/mol. The van der Waals surface area contributed by atoms with Crippen LogP contribution >= 0.6 is 23.4 Å². The molecular formula is C30H21ClF6N2O2S. The number of halogens is 7. The molecule has 0 fully saturated rings. The van der Waals surface area contributed by atoms with Gasteiger partial charge in [-0.05, 0) is 42.3 Å². The predicted octanol–water partition coefficient (Wildman–Crippen LogP) is 8.23. The number of hydrogen-bond acceptors (Lipinski definition) is 4. The summed E-state index contributed by atoms with van der Waals surface area (Å²) in [5, 5.41) is 8.71. The lowest BCUT2D eigenvalue weighted by Gasteiger charge is -2.22. The maximum Gasteiger partial charge on any atom is 0.416 e. The molecule has 0 saturated heterocycles. The van der Waals surface area contributed by atoms with E-state index in [1.165, 1.54) is 48.9 Å². The second-order valence-corrected chi connectivity index (χ2v) is 10.9. The SMILES string of the molecule is COc1cccc(-c2c(C)c(Cc3c(F)cccc3C(F)(F)F)c3n(c2=O)C(C(=N)c2cccc(F)c2Cl)CS3)c1F. The molecule has 4 nitrogen and oxygen atoms in total. The van der Waals surface area contributed by atoms with E-state index in [4.69, 9.17) is 21.7 Å². The second kappa shape index (κ2) is 11.2. The molecule has 0 amide bonds. The number of alkyl halides is 3. The summed E-state index contributed by atoms with van der Waals surface area (Å²) in [7, 11) is 1.24. The van der Waals surface area contributed by atoms with Crippen molar-refractivity contribution in [3.63, 3.8) is 0 Å². The van der Waals surface area contributed by atoms with Crippen LogP contribution in [0, 0.1) is 29.8 Å². The van der Waals surface area contributed by atoms with Crippen molar-refractivity contribution >= 4 is 29.1 Å². The highest BCUT2D eigenvalue weighted by atomic mass is 35.5. The van der Waals surface area contributed by atoms with Crippen molar-refractivity contribution < 1.29 is 31.1 Å². The summed E-state index contributed by atoms with van der Waals surface area (Å²) in [4.78, 5) is 14.1. The number of nitrogens with zero attached hydrogens (tertiary/aromatic N) is 1. The topological polar surface area (TPSA) is 55.1 Å². The van der Waals surface area contributed by atoms with Crippen molar-refractivity contribution in [3.8, 4) is 16.9 Å². The quantitative estimate of drug-likeness (QED) is 0.174. The molecule has 1 aliphatic rings. The fraction of sp³-hybridized carbons (Fsp3) is 0.200. The lowest BCUT2D eigenvalue weighted by molar-refractivity contribution is -0.138. The Kier molecular flexibility index (Phi) is 7.93. The average Bonchev–Trinajstić information content (AvgIpc) is 3.38. The molecule has 0 aliphatic carbocycles. The maximum absolute atomic E-state index is 15.5. The normalized spacial score (nSPS) is 14.6. The molecule has 0 radical (unpaired) electrons. The van der Waals surface area contributed by atoms with E-state index >= 15 is 4.39 Å². The van der Waals surface area contributed by atoms with Crippen LogP contribution in [0.4, 0.5) is 26.3 Å². The minimum Gasteiger partial charge on any atom is -0.494 e. The molecule has 2 heterocycles. The van der Waals surface area contributed by atoms with Crippen molar-refractivity contribution in [3.05, 3.63) is 115 Å². The van der Waals surface area contributed by atoms with Gasteiger partial charge in [0, 0.05) is 28.9 Å². The van der Waals surface area contributed by atoms with Crippen molar-refractivity contribution in [2.75, 3.05) is 12.9 Å². The lowest BCUT2D eigenvalue weighted by Crippen LogP contribution is -2.32. The molecule has 0 spiro atoms. The molecule has 1 aliphatic heterocycles. The molecule has 1 N–H and O–H groups in total. The smallest absolute Gasteiger partial charge is 0.416 e. The van der Waals surface area contributed by atoms with Crippen LogP contribution in [0.3, 0.4) is 0 Å². The lowest BCUT2D eigenvalue weighted by atomic mass is 9.92. The van der Waals surface area contributed by atoms with Gasteiger partial charge < -0.3 is 10.1 Å². The number of ether oxygens (including phenoxy) is 1. The number of hydrogen-bond donors (Lipinski definition) is 1. The first-order valence-corrected chi connectivity index (χ1v) is 13.8. The first-order chi connectivity index (χ1) is 19.9. The number of thioether (sulfide) groups is 1. The summed E-state index contributed by atoms with van der Waals surface area (Å²) in [6.45, 7) is 1.46. The van der Waals surface area contributed by atoms with E-state index in [1.807, 2.05) is 0 Å². The van der Waals surface area contributed by atoms with Crippen LogP contribution in [0.1, 0.15) is 33.9 Å². The number of aromatic nitrogens is 1. The third-order valence-electron chi connectivity index (χ3n) is 7.23. The number of nitrogens with one attached hydrogen (secondary N) is 1. The molecule has 1 aromatic heterocycles. The monoisotopic (exact) mass is 622 g/mol. The first kappa shape index (κ1) is 29.8. The van der Waals surface area contributed by atoms with E-state index in [2.05, 4.69) is 0 Å². The minimum atomic E-state index is -4.87. The molecule has 1 unspecified atom stereocenters. The van der Waals surface area contributed by atoms with Gasteiger partial charge in [-0.25, -0.2) is 13.2 Å². The fourth-order valence-electron chi connectivity index (χ4n) is 5.17. The summed E-state index contributed by atoms with van der Waals surface area (Å²) >= 11 is 7.22. The third kappa shape index (κ3) is 4.98. The van der Waals surface area contributed by atoms with Gasteiger partial charge in [0.05, 0.1) is 40.0 Å². The van der Waals surface area contributed by atoms with E-state index in [1.54, 1.807) is 0 Å². The van der Waals surface area contributed by atoms with Gasteiger partial charge in [-0.3, -0.25) is 9.36 Å². The Morgan fingerprint density at radius 1 is 1.05 bits per heavy atom. The maximum atomic E-state index is 15.5. The molecule has 4 aromatic rings. The molecule has 12 heteroatoms. The molecule has 42 heavy (non-hydrogen) atoms. The van der Waals surface area contributed by atoms with Crippen LogP contribution < -0.4 is 10.3 Å². The Hall–Kier alpha value is -3.70. The minimum absolute atomic E-state index is 0.0201. The van der Waals surface area contributed by atoms with E-state index in [9.17, 15) is 26.7 Å². The van der Waals surface area contributed by atoms with E-state index in [0.717, 1.165) is 36.0 Å². The number of pyridine rings is 1. The van der Waals surface area contributed by atoms with Crippen LogP contribution in [0.25, 0.3) is 11.1 Å². The largest absolute Gasteiger partial charge is 0.494 e. The fourth-order valence-corrected chi connectivity index (χ4v) is 6.78. The number of benzene rings is 3. The highest BCUT2D eigenvalue weighted by molar-refractivity contribution is 7.99. The number of fused-ring (bicyclic) bond motifs is 1. The van der Waals surface area contributed by atoms with Crippen LogP contribution in [0.2, 0.25) is 5.02 Å². The highest BCUT2D eigenvalue weighted by Crippen LogP contribution is 2.43. The zero-order valence-corrected chi connectivity index (χ0v) is 23.6. The summed E-state index contributed by atoms with van der Waals surface area (Å²) in [5.41, 5.74) is -2.79. The zero-order valence-electron chi connectivity index (χ0n) is 22.0. The van der Waals surface area contributed by atoms with E-state index in [0.29, 0.717) is 0 Å². The van der Waals surface area contributed by atoms with Gasteiger partial charge in [-0.1, -0.05) is 41.9 Å². The van der Waals surface area contributed by atoms with Gasteiger partial charge in [0.2, 0.25) is 0 Å². The Labute approximate surface area is 245 Å². The van der Waals surface area contributed by atoms with Crippen LogP contribution in [0.15, 0.2) is 64.4 Å². The van der Waals surface area contributed by atoms with Gasteiger partial charge in [0.1, 0.15) is 11.6 Å². The predicted molar refractivity (Wildman–Crippen MR) is 150 cm³/mol. The molecule has 0 saturated carbocycles. The van der Waals surface area contributed by atoms with Gasteiger partial charge in [0.25, 0.3) is 5.56 Å². The Balaban J connectivity index is 1.80. The summed E-state index contributed by atoms with van der Waals surface area (Å²) in [5.74, 6) is -2.85. The van der Waals surface area contributed by atoms with Crippen LogP contribution in [-0.2, 0) is 12.6 Å². The van der Waals surface area contributed by atoms with Crippen LogP contribution in [-0.4, -0.2) is 23.1 Å². The summed E-state index contributed by atoms with van der Waals surface area (Å²) in [6, 6.07) is 9.60. The summed E-state index contributed by atoms with van der Waals surface area (Å²) < 4.78 is 92.8. The van der Waals surface area contributed by atoms with Crippen molar-refractivity contribution in [2.24, 2.45) is 0 Å². The number of methoxy groups -OCH3 is 1. The molecule has 5 rings (SSSR count). The van der Waals surface area contributed by atoms with Gasteiger partial charge in [-0.15, -0.1) is 11.8 Å². The van der Waals surface area contributed by atoms with Crippen LogP contribution in [0.5, 0.6) is 5.75 Å². The second-order valence-electron chi connectivity index (χ2n) is 9.56. The van der Waals surface area contributed by atoms with Gasteiger partial charge in [0.15, 0.2) is 11.6 Å². The first-order valence-electron chi connectivity index (χ1n) is 12.5. The summed E-state index contributed by atoms with van der Waals surface area (Å²) in [6.07, 6.45) is -5.44. The molecule has 0 bridgehead atoms. The van der Waals surface area contributed by atoms with Crippen molar-refractivity contribution in [1.82, 2.24) is 4.57 Å². The third-order valence-corrected chi connectivity index (χ3v) is 8.82. The molecule has 3 aromatic carbocycles. The van der Waals surface area contributed by atoms with E-state index in [-0.39, 0.29) is 55.1 Å². The number of rotatable bonds is 6. The standard InChI is InChI=1S/C30H21ClF6N2O2S/c1-14-17(12-18-19(30(35,36)37)8-5-9-20(18)32)29-39(28(40)24(14)15-6-4-11-23(41-2)26(15)34)22(13-42-29)27(38)16-7-3-10-21(33)25(16)31/h3-11,22,38H,12-13H2,1-2H3. The van der Waals surface area contributed by atoms with Crippen molar-refractivity contribution in [2.45, 2.75) is 30.6 Å². The van der Waals surface area contributed by atoms with E-state index < -0.39 is 52.8 Å². The Morgan fingerprint density at radius 2 is 1.71 bits per heavy atom. The molecular weight excluding hydrogens is 602 g/mol. The molecule has 218 valence electrons. The Morgan fingerprint density at radius 3 is 2.40 bits per heavy atom. The van der Waals surface area contributed by atoms with Crippen molar-refractivity contribution in [1.29, 1.82) is 5.41 Å². The van der Waals surface area contributed by atoms with Gasteiger partial charge in [-0.2, -0.15) is 13.2 Å². The zero-order chi connectivity index (χ0) is 30.5. The van der Waals surface area contributed by atoms with Gasteiger partial charge >= 0.3 is 6.18 Å². The highest BCUT2D eigenvalue weighted by Gasteiger charge is 2.38. The Bertz CT molecular complexity index is 1800. The molecule has 1 atom stereocenters.